The summed E-state index contributed by atoms with van der Waals surface area (Å²) in [6.45, 7) is 8.84. The SMILES string of the molecule is CC(C)C1CNC2(CCCC2)CN1CC(C1CC1)C1CC1. The zero-order valence-electron chi connectivity index (χ0n) is 14.1. The molecule has 3 saturated carbocycles. The molecule has 2 heteroatoms. The van der Waals surface area contributed by atoms with E-state index in [0.717, 1.165) is 29.7 Å². The molecule has 4 fully saturated rings. The van der Waals surface area contributed by atoms with Gasteiger partial charge in [0.1, 0.15) is 0 Å². The molecule has 4 aliphatic rings. The Morgan fingerprint density at radius 3 is 2.19 bits per heavy atom. The second-order valence-corrected chi connectivity index (χ2v) is 8.95. The molecule has 1 saturated heterocycles. The fourth-order valence-corrected chi connectivity index (χ4v) is 5.26. The van der Waals surface area contributed by atoms with Crippen LogP contribution in [0.15, 0.2) is 0 Å². The standard InChI is InChI=1S/C19H34N2/c1-14(2)18-11-20-19(9-3-4-10-19)13-21(18)12-17(15-5-6-15)16-7-8-16/h14-18,20H,3-13H2,1-2H3. The molecule has 21 heavy (non-hydrogen) atoms. The van der Waals surface area contributed by atoms with E-state index in [0.29, 0.717) is 5.54 Å². The molecular weight excluding hydrogens is 256 g/mol. The van der Waals surface area contributed by atoms with E-state index in [1.54, 1.807) is 0 Å². The molecule has 0 aromatic rings. The van der Waals surface area contributed by atoms with Gasteiger partial charge in [0.2, 0.25) is 0 Å². The molecular formula is C19H34N2. The Bertz CT molecular complexity index is 352. The van der Waals surface area contributed by atoms with Gasteiger partial charge in [-0.15, -0.1) is 0 Å². The number of piperazine rings is 1. The highest BCUT2D eigenvalue weighted by Crippen LogP contribution is 2.50. The second kappa shape index (κ2) is 5.53. The Balaban J connectivity index is 1.47. The van der Waals surface area contributed by atoms with Gasteiger partial charge in [-0.25, -0.2) is 0 Å². The lowest BCUT2D eigenvalue weighted by Gasteiger charge is -2.49. The van der Waals surface area contributed by atoms with Gasteiger partial charge in [-0.1, -0.05) is 26.7 Å². The van der Waals surface area contributed by atoms with Crippen LogP contribution in [0.5, 0.6) is 0 Å². The average molecular weight is 290 g/mol. The topological polar surface area (TPSA) is 15.3 Å². The Morgan fingerprint density at radius 1 is 1.05 bits per heavy atom. The van der Waals surface area contributed by atoms with Crippen LogP contribution in [0.2, 0.25) is 0 Å². The van der Waals surface area contributed by atoms with Gasteiger partial charge in [-0.05, 0) is 62.2 Å². The van der Waals surface area contributed by atoms with Crippen LogP contribution >= 0.6 is 0 Å². The molecule has 0 aromatic carbocycles. The third-order valence-corrected chi connectivity index (χ3v) is 6.89. The Kier molecular flexibility index (Phi) is 3.82. The van der Waals surface area contributed by atoms with E-state index in [2.05, 4.69) is 24.1 Å². The summed E-state index contributed by atoms with van der Waals surface area (Å²) in [5.41, 5.74) is 0.489. The van der Waals surface area contributed by atoms with Crippen LogP contribution < -0.4 is 5.32 Å². The van der Waals surface area contributed by atoms with Crippen molar-refractivity contribution in [3.63, 3.8) is 0 Å². The largest absolute Gasteiger partial charge is 0.308 e. The molecule has 0 amide bonds. The van der Waals surface area contributed by atoms with Gasteiger partial charge < -0.3 is 5.32 Å². The minimum Gasteiger partial charge on any atom is -0.308 e. The minimum atomic E-state index is 0.489. The van der Waals surface area contributed by atoms with Crippen molar-refractivity contribution in [3.05, 3.63) is 0 Å². The van der Waals surface area contributed by atoms with Crippen molar-refractivity contribution < 1.29 is 0 Å². The number of nitrogens with one attached hydrogen (secondary N) is 1. The van der Waals surface area contributed by atoms with Crippen LogP contribution in [0.1, 0.15) is 65.2 Å². The molecule has 4 rings (SSSR count). The lowest BCUT2D eigenvalue weighted by molar-refractivity contribution is 0.0380. The predicted octanol–water partition coefficient (Wildman–Crippen LogP) is 3.67. The summed E-state index contributed by atoms with van der Waals surface area (Å²) in [4.78, 5) is 2.94. The molecule has 120 valence electrons. The highest BCUT2D eigenvalue weighted by molar-refractivity contribution is 5.03. The van der Waals surface area contributed by atoms with Crippen molar-refractivity contribution in [1.82, 2.24) is 10.2 Å². The predicted molar refractivity (Wildman–Crippen MR) is 88.3 cm³/mol. The first-order valence-electron chi connectivity index (χ1n) is 9.66. The van der Waals surface area contributed by atoms with Crippen molar-refractivity contribution >= 4 is 0 Å². The van der Waals surface area contributed by atoms with Crippen molar-refractivity contribution in [2.45, 2.75) is 76.8 Å². The van der Waals surface area contributed by atoms with E-state index in [1.807, 2.05) is 0 Å². The van der Waals surface area contributed by atoms with Crippen molar-refractivity contribution in [1.29, 1.82) is 0 Å². The summed E-state index contributed by atoms with van der Waals surface area (Å²) in [5.74, 6) is 4.03. The van der Waals surface area contributed by atoms with Gasteiger partial charge in [0.15, 0.2) is 0 Å². The Morgan fingerprint density at radius 2 is 1.67 bits per heavy atom. The molecule has 1 unspecified atom stereocenters. The third-order valence-electron chi connectivity index (χ3n) is 6.89. The molecule has 1 aliphatic heterocycles. The number of rotatable bonds is 5. The maximum absolute atomic E-state index is 3.98. The first-order chi connectivity index (χ1) is 10.2. The normalized spacial score (nSPS) is 33.4. The summed E-state index contributed by atoms with van der Waals surface area (Å²) in [7, 11) is 0. The first-order valence-corrected chi connectivity index (χ1v) is 9.66. The molecule has 2 nitrogen and oxygen atoms in total. The fraction of sp³-hybridized carbons (Fsp3) is 1.00. The molecule has 0 bridgehead atoms. The lowest BCUT2D eigenvalue weighted by atomic mass is 9.87. The van der Waals surface area contributed by atoms with E-state index >= 15 is 0 Å². The van der Waals surface area contributed by atoms with E-state index in [9.17, 15) is 0 Å². The summed E-state index contributed by atoms with van der Waals surface area (Å²) >= 11 is 0. The first kappa shape index (κ1) is 14.5. The molecule has 1 atom stereocenters. The van der Waals surface area contributed by atoms with Gasteiger partial charge >= 0.3 is 0 Å². The van der Waals surface area contributed by atoms with Crippen LogP contribution in [0.25, 0.3) is 0 Å². The molecule has 1 N–H and O–H groups in total. The average Bonchev–Trinajstić information content (AvgIpc) is 3.37. The molecule has 3 aliphatic carbocycles. The zero-order chi connectivity index (χ0) is 14.4. The minimum absolute atomic E-state index is 0.489. The second-order valence-electron chi connectivity index (χ2n) is 8.95. The summed E-state index contributed by atoms with van der Waals surface area (Å²) in [6.07, 6.45) is 11.9. The highest BCUT2D eigenvalue weighted by atomic mass is 15.3. The van der Waals surface area contributed by atoms with E-state index in [4.69, 9.17) is 0 Å². The van der Waals surface area contributed by atoms with Crippen LogP contribution in [0, 0.1) is 23.7 Å². The molecule has 0 radical (unpaired) electrons. The zero-order valence-corrected chi connectivity index (χ0v) is 14.1. The summed E-state index contributed by atoms with van der Waals surface area (Å²) in [6, 6.07) is 0.774. The summed E-state index contributed by atoms with van der Waals surface area (Å²) in [5, 5.41) is 3.98. The van der Waals surface area contributed by atoms with Crippen molar-refractivity contribution in [2.24, 2.45) is 23.7 Å². The van der Waals surface area contributed by atoms with E-state index in [1.165, 1.54) is 71.0 Å². The van der Waals surface area contributed by atoms with E-state index in [-0.39, 0.29) is 0 Å². The smallest absolute Gasteiger partial charge is 0.0309 e. The van der Waals surface area contributed by atoms with Crippen LogP contribution in [0.3, 0.4) is 0 Å². The number of hydrogen-bond donors (Lipinski definition) is 1. The van der Waals surface area contributed by atoms with Crippen molar-refractivity contribution in [2.75, 3.05) is 19.6 Å². The van der Waals surface area contributed by atoms with Gasteiger partial charge in [0.05, 0.1) is 0 Å². The van der Waals surface area contributed by atoms with E-state index < -0.39 is 0 Å². The van der Waals surface area contributed by atoms with Crippen LogP contribution in [-0.4, -0.2) is 36.1 Å². The maximum Gasteiger partial charge on any atom is 0.0309 e. The van der Waals surface area contributed by atoms with Gasteiger partial charge in [-0.2, -0.15) is 0 Å². The molecule has 1 spiro atoms. The third kappa shape index (κ3) is 3.03. The lowest BCUT2D eigenvalue weighted by Crippen LogP contribution is -2.65. The quantitative estimate of drug-likeness (QED) is 0.831. The number of hydrogen-bond acceptors (Lipinski definition) is 2. The monoisotopic (exact) mass is 290 g/mol. The molecule has 0 aromatic heterocycles. The van der Waals surface area contributed by atoms with Crippen molar-refractivity contribution in [3.8, 4) is 0 Å². The summed E-state index contributed by atoms with van der Waals surface area (Å²) < 4.78 is 0. The Labute approximate surface area is 131 Å². The van der Waals surface area contributed by atoms with Gasteiger partial charge in [0, 0.05) is 31.2 Å². The maximum atomic E-state index is 3.98. The van der Waals surface area contributed by atoms with Gasteiger partial charge in [-0.3, -0.25) is 4.90 Å². The Hall–Kier alpha value is -0.0800. The van der Waals surface area contributed by atoms with Gasteiger partial charge in [0.25, 0.3) is 0 Å². The van der Waals surface area contributed by atoms with Crippen LogP contribution in [-0.2, 0) is 0 Å². The van der Waals surface area contributed by atoms with Crippen LogP contribution in [0.4, 0.5) is 0 Å². The molecule has 1 heterocycles. The number of nitrogens with zero attached hydrogens (tertiary/aromatic N) is 1. The highest BCUT2D eigenvalue weighted by Gasteiger charge is 2.46. The fourth-order valence-electron chi connectivity index (χ4n) is 5.26.